The Labute approximate surface area is 74.4 Å². The number of hydrogen-bond donors (Lipinski definition) is 0. The highest BCUT2D eigenvalue weighted by Gasteiger charge is 1.92. The second kappa shape index (κ2) is 5.53. The van der Waals surface area contributed by atoms with E-state index in [4.69, 9.17) is 0 Å². The molecule has 1 heteroatoms. The summed E-state index contributed by atoms with van der Waals surface area (Å²) >= 11 is 0. The Morgan fingerprint density at radius 3 is 2.08 bits per heavy atom. The highest BCUT2D eigenvalue weighted by atomic mass is 16.1. The molecule has 0 aromatic heterocycles. The number of rotatable bonds is 1. The Hall–Kier alpha value is -1.11. The van der Waals surface area contributed by atoms with Crippen molar-refractivity contribution in [2.24, 2.45) is 0 Å². The number of carbonyl (C=O) groups excluding carboxylic acids is 1. The summed E-state index contributed by atoms with van der Waals surface area (Å²) in [5, 5.41) is 0. The third-order valence-corrected chi connectivity index (χ3v) is 1.67. The maximum Gasteiger partial charge on any atom is 0.150 e. The average Bonchev–Trinajstić information content (AvgIpc) is 2.13. The van der Waals surface area contributed by atoms with Crippen LogP contribution in [0.5, 0.6) is 0 Å². The van der Waals surface area contributed by atoms with Crippen LogP contribution in [0.25, 0.3) is 0 Å². The Morgan fingerprint density at radius 2 is 1.67 bits per heavy atom. The molecule has 66 valence electrons. The van der Waals surface area contributed by atoms with E-state index in [1.807, 2.05) is 45.9 Å². The van der Waals surface area contributed by atoms with E-state index in [2.05, 4.69) is 0 Å². The molecule has 0 atom stereocenters. The van der Waals surface area contributed by atoms with Gasteiger partial charge in [-0.2, -0.15) is 0 Å². The predicted octanol–water partition coefficient (Wildman–Crippen LogP) is 3.14. The van der Waals surface area contributed by atoms with Crippen molar-refractivity contribution in [3.05, 3.63) is 34.9 Å². The van der Waals surface area contributed by atoms with E-state index >= 15 is 0 Å². The lowest BCUT2D eigenvalue weighted by Gasteiger charge is -1.97. The van der Waals surface area contributed by atoms with Crippen molar-refractivity contribution < 1.29 is 4.79 Å². The van der Waals surface area contributed by atoms with Gasteiger partial charge in [0, 0.05) is 5.56 Å². The molecular formula is C11H16O. The molecule has 1 rings (SSSR count). The van der Waals surface area contributed by atoms with Crippen molar-refractivity contribution >= 4 is 6.29 Å². The van der Waals surface area contributed by atoms with Gasteiger partial charge in [0.1, 0.15) is 6.29 Å². The Bertz CT molecular complexity index is 251. The molecular weight excluding hydrogens is 148 g/mol. The lowest BCUT2D eigenvalue weighted by molar-refractivity contribution is 0.112. The van der Waals surface area contributed by atoms with Gasteiger partial charge < -0.3 is 0 Å². The van der Waals surface area contributed by atoms with E-state index in [1.165, 1.54) is 11.1 Å². The van der Waals surface area contributed by atoms with Gasteiger partial charge in [-0.1, -0.05) is 26.0 Å². The van der Waals surface area contributed by atoms with E-state index < -0.39 is 0 Å². The zero-order valence-corrected chi connectivity index (χ0v) is 8.22. The van der Waals surface area contributed by atoms with Gasteiger partial charge in [-0.3, -0.25) is 4.79 Å². The minimum Gasteiger partial charge on any atom is -0.298 e. The smallest absolute Gasteiger partial charge is 0.150 e. The fraction of sp³-hybridized carbons (Fsp3) is 0.364. The minimum atomic E-state index is 0.753. The van der Waals surface area contributed by atoms with Crippen molar-refractivity contribution in [1.82, 2.24) is 0 Å². The summed E-state index contributed by atoms with van der Waals surface area (Å²) in [4.78, 5) is 10.3. The molecule has 0 N–H and O–H groups in total. The van der Waals surface area contributed by atoms with E-state index in [-0.39, 0.29) is 0 Å². The molecule has 0 saturated heterocycles. The van der Waals surface area contributed by atoms with Crippen molar-refractivity contribution in [3.8, 4) is 0 Å². The Kier molecular flexibility index (Phi) is 5.02. The maximum atomic E-state index is 10.3. The quantitative estimate of drug-likeness (QED) is 0.583. The van der Waals surface area contributed by atoms with Crippen LogP contribution in [-0.2, 0) is 0 Å². The molecule has 1 nitrogen and oxygen atoms in total. The summed E-state index contributed by atoms with van der Waals surface area (Å²) in [5.41, 5.74) is 3.15. The zero-order chi connectivity index (χ0) is 9.56. The topological polar surface area (TPSA) is 17.1 Å². The molecule has 0 aliphatic rings. The van der Waals surface area contributed by atoms with E-state index in [1.54, 1.807) is 0 Å². The second-order valence-corrected chi connectivity index (χ2v) is 2.46. The van der Waals surface area contributed by atoms with Crippen LogP contribution in [0.2, 0.25) is 0 Å². The number of benzene rings is 1. The van der Waals surface area contributed by atoms with Gasteiger partial charge in [0.15, 0.2) is 0 Å². The van der Waals surface area contributed by atoms with Gasteiger partial charge in [0.05, 0.1) is 0 Å². The Morgan fingerprint density at radius 1 is 1.08 bits per heavy atom. The van der Waals surface area contributed by atoms with Crippen LogP contribution in [0.15, 0.2) is 18.2 Å². The zero-order valence-electron chi connectivity index (χ0n) is 8.22. The van der Waals surface area contributed by atoms with E-state index in [9.17, 15) is 4.79 Å². The van der Waals surface area contributed by atoms with Crippen molar-refractivity contribution in [2.75, 3.05) is 0 Å². The molecule has 0 aliphatic heterocycles. The molecule has 0 bridgehead atoms. The molecule has 0 radical (unpaired) electrons. The first kappa shape index (κ1) is 10.9. The molecule has 0 amide bonds. The molecule has 1 aromatic carbocycles. The van der Waals surface area contributed by atoms with E-state index in [0.717, 1.165) is 11.8 Å². The van der Waals surface area contributed by atoms with Crippen LogP contribution < -0.4 is 0 Å². The lowest BCUT2D eigenvalue weighted by Crippen LogP contribution is -1.84. The van der Waals surface area contributed by atoms with Crippen LogP contribution >= 0.6 is 0 Å². The molecule has 0 heterocycles. The van der Waals surface area contributed by atoms with Gasteiger partial charge in [0.2, 0.25) is 0 Å². The summed E-state index contributed by atoms with van der Waals surface area (Å²) in [6.07, 6.45) is 0.867. The molecule has 0 aliphatic carbocycles. The third-order valence-electron chi connectivity index (χ3n) is 1.67. The monoisotopic (exact) mass is 164 g/mol. The maximum absolute atomic E-state index is 10.3. The highest BCUT2D eigenvalue weighted by molar-refractivity contribution is 5.75. The third kappa shape index (κ3) is 2.87. The summed E-state index contributed by atoms with van der Waals surface area (Å²) < 4.78 is 0. The summed E-state index contributed by atoms with van der Waals surface area (Å²) in [5.74, 6) is 0. The van der Waals surface area contributed by atoms with Crippen molar-refractivity contribution in [1.29, 1.82) is 0 Å². The molecule has 1 aromatic rings. The number of aryl methyl sites for hydroxylation is 2. The number of carbonyl (C=O) groups is 1. The summed E-state index contributed by atoms with van der Waals surface area (Å²) in [6, 6.07) is 5.68. The van der Waals surface area contributed by atoms with Gasteiger partial charge in [-0.15, -0.1) is 0 Å². The first-order valence-electron chi connectivity index (χ1n) is 4.26. The first-order valence-corrected chi connectivity index (χ1v) is 4.26. The van der Waals surface area contributed by atoms with Gasteiger partial charge in [0.25, 0.3) is 0 Å². The lowest BCUT2D eigenvalue weighted by atomic mass is 10.1. The van der Waals surface area contributed by atoms with Gasteiger partial charge >= 0.3 is 0 Å². The molecule has 0 spiro atoms. The summed E-state index contributed by atoms with van der Waals surface area (Å²) in [6.45, 7) is 8.03. The molecule has 12 heavy (non-hydrogen) atoms. The predicted molar refractivity (Wildman–Crippen MR) is 52.7 cm³/mol. The van der Waals surface area contributed by atoms with E-state index in [0.29, 0.717) is 0 Å². The Balaban J connectivity index is 0.000000561. The van der Waals surface area contributed by atoms with Crippen LogP contribution in [0.3, 0.4) is 0 Å². The standard InChI is InChI=1S/C9H10O.C2H6/c1-7-3-4-9(6-10)5-8(7)2;1-2/h3-6H,1-2H3;1-2H3. The first-order chi connectivity index (χ1) is 5.74. The molecule has 0 saturated carbocycles. The van der Waals surface area contributed by atoms with Gasteiger partial charge in [-0.25, -0.2) is 0 Å². The second-order valence-electron chi connectivity index (χ2n) is 2.46. The number of hydrogen-bond acceptors (Lipinski definition) is 1. The van der Waals surface area contributed by atoms with Crippen LogP contribution in [0.1, 0.15) is 35.3 Å². The summed E-state index contributed by atoms with van der Waals surface area (Å²) in [7, 11) is 0. The van der Waals surface area contributed by atoms with Gasteiger partial charge in [-0.05, 0) is 31.0 Å². The molecule has 0 unspecified atom stereocenters. The van der Waals surface area contributed by atoms with Crippen molar-refractivity contribution in [3.63, 3.8) is 0 Å². The minimum absolute atomic E-state index is 0.753. The SMILES string of the molecule is CC.Cc1ccc(C=O)cc1C. The van der Waals surface area contributed by atoms with Crippen molar-refractivity contribution in [2.45, 2.75) is 27.7 Å². The van der Waals surface area contributed by atoms with Crippen LogP contribution in [-0.4, -0.2) is 6.29 Å². The fourth-order valence-electron chi connectivity index (χ4n) is 0.838. The molecule has 0 fully saturated rings. The van der Waals surface area contributed by atoms with Crippen LogP contribution in [0.4, 0.5) is 0 Å². The number of aldehydes is 1. The average molecular weight is 164 g/mol. The fourth-order valence-corrected chi connectivity index (χ4v) is 0.838. The van der Waals surface area contributed by atoms with Crippen LogP contribution in [0, 0.1) is 13.8 Å². The normalized spacial score (nSPS) is 8.33. The highest BCUT2D eigenvalue weighted by Crippen LogP contribution is 2.07. The largest absolute Gasteiger partial charge is 0.298 e.